The molecule has 29 heavy (non-hydrogen) atoms. The number of aromatic nitrogens is 1. The molecule has 0 saturated heterocycles. The molecule has 2 rings (SSSR count). The monoisotopic (exact) mass is 419 g/mol. The van der Waals surface area contributed by atoms with Crippen LogP contribution in [-0.2, 0) is 28.4 Å². The van der Waals surface area contributed by atoms with Gasteiger partial charge >= 0.3 is 0 Å². The number of aryl methyl sites for hydroxylation is 1. The molecule has 0 spiro atoms. The van der Waals surface area contributed by atoms with Crippen molar-refractivity contribution in [2.45, 2.75) is 45.1 Å². The van der Waals surface area contributed by atoms with Gasteiger partial charge in [-0.2, -0.15) is 4.31 Å². The molecule has 0 unspecified atom stereocenters. The molecule has 1 heterocycles. The summed E-state index contributed by atoms with van der Waals surface area (Å²) < 4.78 is 29.6. The van der Waals surface area contributed by atoms with Crippen LogP contribution < -0.4 is 0 Å². The van der Waals surface area contributed by atoms with E-state index in [0.29, 0.717) is 26.1 Å². The Labute approximate surface area is 175 Å². The van der Waals surface area contributed by atoms with Crippen LogP contribution >= 0.6 is 0 Å². The maximum Gasteiger partial charge on any atom is 0.243 e. The molecule has 0 aliphatic carbocycles. The van der Waals surface area contributed by atoms with E-state index < -0.39 is 10.0 Å². The van der Waals surface area contributed by atoms with E-state index in [1.54, 1.807) is 35.2 Å². The van der Waals surface area contributed by atoms with Gasteiger partial charge in [-0.3, -0.25) is 4.79 Å². The number of amides is 1. The maximum atomic E-state index is 13.2. The summed E-state index contributed by atoms with van der Waals surface area (Å²) >= 11 is 0. The topological polar surface area (TPSA) is 62.6 Å². The van der Waals surface area contributed by atoms with Crippen LogP contribution in [0.4, 0.5) is 0 Å². The number of carbonyl (C=O) groups is 1. The van der Waals surface area contributed by atoms with E-state index in [1.165, 1.54) is 4.31 Å². The average Bonchev–Trinajstić information content (AvgIpc) is 3.09. The van der Waals surface area contributed by atoms with E-state index in [1.807, 2.05) is 36.9 Å². The number of sulfonamides is 1. The van der Waals surface area contributed by atoms with E-state index in [0.717, 1.165) is 12.1 Å². The number of benzene rings is 1. The van der Waals surface area contributed by atoms with Gasteiger partial charge in [-0.15, -0.1) is 0 Å². The van der Waals surface area contributed by atoms with Crippen molar-refractivity contribution in [2.75, 3.05) is 19.6 Å². The molecule has 0 bridgehead atoms. The largest absolute Gasteiger partial charge is 0.353 e. The summed E-state index contributed by atoms with van der Waals surface area (Å²) in [6, 6.07) is 12.3. The lowest BCUT2D eigenvalue weighted by atomic mass is 10.2. The number of hydrogen-bond donors (Lipinski definition) is 0. The number of nitrogens with zero attached hydrogens (tertiary/aromatic N) is 3. The Kier molecular flexibility index (Phi) is 8.46. The highest BCUT2D eigenvalue weighted by Gasteiger charge is 2.28. The summed E-state index contributed by atoms with van der Waals surface area (Å²) in [5.41, 5.74) is 1.02. The Morgan fingerprint density at radius 2 is 1.79 bits per heavy atom. The fourth-order valence-electron chi connectivity index (χ4n) is 3.16. The third-order valence-electron chi connectivity index (χ3n) is 4.80. The number of unbranched alkanes of at least 4 members (excludes halogenated alkanes) is 1. The van der Waals surface area contributed by atoms with Crippen molar-refractivity contribution in [1.29, 1.82) is 0 Å². The molecule has 0 N–H and O–H groups in total. The minimum absolute atomic E-state index is 0.144. The van der Waals surface area contributed by atoms with Crippen molar-refractivity contribution in [3.8, 4) is 0 Å². The Morgan fingerprint density at radius 3 is 2.34 bits per heavy atom. The first-order valence-corrected chi connectivity index (χ1v) is 11.6. The van der Waals surface area contributed by atoms with Crippen LogP contribution in [0.2, 0.25) is 0 Å². The van der Waals surface area contributed by atoms with Gasteiger partial charge in [0, 0.05) is 32.0 Å². The smallest absolute Gasteiger partial charge is 0.243 e. The summed E-state index contributed by atoms with van der Waals surface area (Å²) in [5, 5.41) is 0. The Morgan fingerprint density at radius 1 is 1.10 bits per heavy atom. The van der Waals surface area contributed by atoms with E-state index in [-0.39, 0.29) is 23.3 Å². The van der Waals surface area contributed by atoms with Gasteiger partial charge in [-0.25, -0.2) is 8.42 Å². The SMILES string of the molecule is CCCCN(CC(=O)N(Cc1cccn1C)CC(C)C)S(=O)(=O)c1ccccc1. The van der Waals surface area contributed by atoms with Crippen LogP contribution in [0.15, 0.2) is 53.6 Å². The van der Waals surface area contributed by atoms with Gasteiger partial charge in [0.15, 0.2) is 0 Å². The Hall–Kier alpha value is -2.12. The Bertz CT molecular complexity index is 876. The second-order valence-corrected chi connectivity index (χ2v) is 9.72. The van der Waals surface area contributed by atoms with Gasteiger partial charge in [0.2, 0.25) is 15.9 Å². The highest BCUT2D eigenvalue weighted by Crippen LogP contribution is 2.17. The van der Waals surface area contributed by atoms with Crippen molar-refractivity contribution in [1.82, 2.24) is 13.8 Å². The lowest BCUT2D eigenvalue weighted by Crippen LogP contribution is -2.44. The van der Waals surface area contributed by atoms with Crippen molar-refractivity contribution in [2.24, 2.45) is 13.0 Å². The van der Waals surface area contributed by atoms with Crippen molar-refractivity contribution in [3.63, 3.8) is 0 Å². The molecule has 0 radical (unpaired) electrons. The zero-order chi connectivity index (χ0) is 21.4. The summed E-state index contributed by atoms with van der Waals surface area (Å²) in [6.45, 7) is 7.36. The zero-order valence-electron chi connectivity index (χ0n) is 17.9. The highest BCUT2D eigenvalue weighted by atomic mass is 32.2. The van der Waals surface area contributed by atoms with E-state index in [2.05, 4.69) is 13.8 Å². The summed E-state index contributed by atoms with van der Waals surface area (Å²) in [5.74, 6) is 0.115. The molecule has 7 heteroatoms. The van der Waals surface area contributed by atoms with Crippen LogP contribution in [0.1, 0.15) is 39.3 Å². The minimum atomic E-state index is -3.72. The highest BCUT2D eigenvalue weighted by molar-refractivity contribution is 7.89. The quantitative estimate of drug-likeness (QED) is 0.560. The van der Waals surface area contributed by atoms with Crippen LogP contribution in [0.25, 0.3) is 0 Å². The molecule has 0 saturated carbocycles. The third-order valence-corrected chi connectivity index (χ3v) is 6.66. The fraction of sp³-hybridized carbons (Fsp3) is 0.500. The van der Waals surface area contributed by atoms with Gasteiger partial charge in [0.1, 0.15) is 0 Å². The number of rotatable bonds is 11. The van der Waals surface area contributed by atoms with Gasteiger partial charge in [0.05, 0.1) is 18.0 Å². The van der Waals surface area contributed by atoms with E-state index >= 15 is 0 Å². The van der Waals surface area contributed by atoms with Gasteiger partial charge in [-0.05, 0) is 36.6 Å². The molecule has 0 aliphatic rings. The summed E-state index contributed by atoms with van der Waals surface area (Å²) in [4.78, 5) is 15.2. The molecular formula is C22H33N3O3S. The first-order valence-electron chi connectivity index (χ1n) is 10.2. The predicted octanol–water partition coefficient (Wildman–Crippen LogP) is 3.50. The maximum absolute atomic E-state index is 13.2. The number of carbonyl (C=O) groups excluding carboxylic acids is 1. The molecule has 160 valence electrons. The van der Waals surface area contributed by atoms with Crippen molar-refractivity contribution in [3.05, 3.63) is 54.4 Å². The molecule has 0 fully saturated rings. The third kappa shape index (κ3) is 6.44. The average molecular weight is 420 g/mol. The number of hydrogen-bond acceptors (Lipinski definition) is 3. The van der Waals surface area contributed by atoms with Crippen molar-refractivity contribution < 1.29 is 13.2 Å². The van der Waals surface area contributed by atoms with Gasteiger partial charge < -0.3 is 9.47 Å². The lowest BCUT2D eigenvalue weighted by Gasteiger charge is -2.28. The van der Waals surface area contributed by atoms with E-state index in [4.69, 9.17) is 0 Å². The minimum Gasteiger partial charge on any atom is -0.353 e. The van der Waals surface area contributed by atoms with Crippen LogP contribution in [0.3, 0.4) is 0 Å². The molecule has 0 atom stereocenters. The second-order valence-electron chi connectivity index (χ2n) is 7.78. The lowest BCUT2D eigenvalue weighted by molar-refractivity contribution is -0.132. The van der Waals surface area contributed by atoms with Gasteiger partial charge in [0.25, 0.3) is 0 Å². The molecular weight excluding hydrogens is 386 g/mol. The normalized spacial score (nSPS) is 11.9. The second kappa shape index (κ2) is 10.6. The first kappa shape index (κ1) is 23.2. The Balaban J connectivity index is 2.24. The van der Waals surface area contributed by atoms with Crippen LogP contribution in [-0.4, -0.2) is 47.7 Å². The standard InChI is InChI=1S/C22H33N3O3S/c1-5-6-15-25(29(27,28)21-12-8-7-9-13-21)18-22(26)24(16-19(2)3)17-20-11-10-14-23(20)4/h7-14,19H,5-6,15-18H2,1-4H3. The van der Waals surface area contributed by atoms with Crippen LogP contribution in [0, 0.1) is 5.92 Å². The molecule has 6 nitrogen and oxygen atoms in total. The first-order chi connectivity index (χ1) is 13.8. The summed E-state index contributed by atoms with van der Waals surface area (Å²) in [7, 11) is -1.77. The zero-order valence-corrected chi connectivity index (χ0v) is 18.7. The van der Waals surface area contributed by atoms with Gasteiger partial charge in [-0.1, -0.05) is 45.4 Å². The molecule has 0 aliphatic heterocycles. The fourth-order valence-corrected chi connectivity index (χ4v) is 4.61. The molecule has 1 aromatic heterocycles. The van der Waals surface area contributed by atoms with E-state index in [9.17, 15) is 13.2 Å². The molecule has 1 amide bonds. The summed E-state index contributed by atoms with van der Waals surface area (Å²) in [6.07, 6.45) is 3.51. The molecule has 2 aromatic rings. The molecule has 1 aromatic carbocycles. The van der Waals surface area contributed by atoms with Crippen LogP contribution in [0.5, 0.6) is 0 Å². The van der Waals surface area contributed by atoms with Crippen molar-refractivity contribution >= 4 is 15.9 Å². The predicted molar refractivity (Wildman–Crippen MR) is 116 cm³/mol.